The summed E-state index contributed by atoms with van der Waals surface area (Å²) in [5.41, 5.74) is 0.525. The summed E-state index contributed by atoms with van der Waals surface area (Å²) in [6.45, 7) is 1.90. The summed E-state index contributed by atoms with van der Waals surface area (Å²) in [6, 6.07) is 0.567. The number of carbonyl (C=O) groups is 1. The first-order valence-corrected chi connectivity index (χ1v) is 6.63. The SMILES string of the molecule is CN(CCC1CCCCN1)C(=O)c1cn(C)cn1. The number of aromatic nitrogens is 2. The zero-order chi connectivity index (χ0) is 13.0. The van der Waals surface area contributed by atoms with Gasteiger partial charge in [-0.1, -0.05) is 6.42 Å². The van der Waals surface area contributed by atoms with Crippen molar-refractivity contribution in [2.75, 3.05) is 20.1 Å². The van der Waals surface area contributed by atoms with Gasteiger partial charge in [-0.3, -0.25) is 4.79 Å². The molecule has 0 spiro atoms. The van der Waals surface area contributed by atoms with Crippen LogP contribution in [-0.2, 0) is 7.05 Å². The fourth-order valence-corrected chi connectivity index (χ4v) is 2.34. The number of piperidine rings is 1. The van der Waals surface area contributed by atoms with E-state index in [1.54, 1.807) is 22.0 Å². The maximum Gasteiger partial charge on any atom is 0.273 e. The van der Waals surface area contributed by atoms with Crippen molar-refractivity contribution in [1.82, 2.24) is 19.8 Å². The number of hydrogen-bond acceptors (Lipinski definition) is 3. The normalized spacial score (nSPS) is 19.8. The molecule has 1 saturated heterocycles. The minimum atomic E-state index is 0.00593. The standard InChI is InChI=1S/C13H22N4O/c1-16-9-12(15-10-16)13(18)17(2)8-6-11-5-3-4-7-14-11/h9-11,14H,3-8H2,1-2H3. The van der Waals surface area contributed by atoms with E-state index in [9.17, 15) is 4.79 Å². The molecule has 1 N–H and O–H groups in total. The van der Waals surface area contributed by atoms with E-state index >= 15 is 0 Å². The van der Waals surface area contributed by atoms with Crippen molar-refractivity contribution in [2.24, 2.45) is 7.05 Å². The molecule has 0 bridgehead atoms. The van der Waals surface area contributed by atoms with E-state index in [0.717, 1.165) is 19.5 Å². The molecule has 0 aromatic carbocycles. The van der Waals surface area contributed by atoms with Crippen LogP contribution in [0.5, 0.6) is 0 Å². The van der Waals surface area contributed by atoms with Crippen LogP contribution in [0.4, 0.5) is 0 Å². The van der Waals surface area contributed by atoms with Crippen molar-refractivity contribution in [3.05, 3.63) is 18.2 Å². The highest BCUT2D eigenvalue weighted by Gasteiger charge is 2.17. The molecule has 1 aliphatic rings. The molecular formula is C13H22N4O. The van der Waals surface area contributed by atoms with E-state index in [2.05, 4.69) is 10.3 Å². The topological polar surface area (TPSA) is 50.2 Å². The van der Waals surface area contributed by atoms with Crippen LogP contribution in [0.15, 0.2) is 12.5 Å². The van der Waals surface area contributed by atoms with Crippen LogP contribution >= 0.6 is 0 Å². The lowest BCUT2D eigenvalue weighted by Crippen LogP contribution is -2.38. The van der Waals surface area contributed by atoms with E-state index in [-0.39, 0.29) is 5.91 Å². The molecule has 1 fully saturated rings. The van der Waals surface area contributed by atoms with Gasteiger partial charge in [-0.25, -0.2) is 4.98 Å². The van der Waals surface area contributed by atoms with Gasteiger partial charge in [0.1, 0.15) is 5.69 Å². The lowest BCUT2D eigenvalue weighted by atomic mass is 10.0. The fourth-order valence-electron chi connectivity index (χ4n) is 2.34. The minimum absolute atomic E-state index is 0.00593. The highest BCUT2D eigenvalue weighted by Crippen LogP contribution is 2.11. The van der Waals surface area contributed by atoms with Crippen LogP contribution in [0, 0.1) is 0 Å². The maximum absolute atomic E-state index is 12.1. The number of rotatable bonds is 4. The molecule has 5 nitrogen and oxygen atoms in total. The highest BCUT2D eigenvalue weighted by atomic mass is 16.2. The fraction of sp³-hybridized carbons (Fsp3) is 0.692. The minimum Gasteiger partial charge on any atom is -0.340 e. The molecule has 18 heavy (non-hydrogen) atoms. The Morgan fingerprint density at radius 3 is 3.06 bits per heavy atom. The van der Waals surface area contributed by atoms with Gasteiger partial charge >= 0.3 is 0 Å². The Morgan fingerprint density at radius 1 is 1.61 bits per heavy atom. The quantitative estimate of drug-likeness (QED) is 0.868. The Balaban J connectivity index is 1.80. The summed E-state index contributed by atoms with van der Waals surface area (Å²) in [7, 11) is 3.72. The second-order valence-corrected chi connectivity index (χ2v) is 5.09. The zero-order valence-corrected chi connectivity index (χ0v) is 11.2. The molecule has 1 unspecified atom stereocenters. The first kappa shape index (κ1) is 13.1. The van der Waals surface area contributed by atoms with Gasteiger partial charge in [0.25, 0.3) is 5.91 Å². The van der Waals surface area contributed by atoms with Crippen LogP contribution in [0.1, 0.15) is 36.2 Å². The summed E-state index contributed by atoms with van der Waals surface area (Å²) in [5.74, 6) is 0.00593. The molecule has 0 radical (unpaired) electrons. The van der Waals surface area contributed by atoms with Gasteiger partial charge in [-0.2, -0.15) is 0 Å². The predicted molar refractivity (Wildman–Crippen MR) is 70.4 cm³/mol. The molecule has 1 atom stereocenters. The summed E-state index contributed by atoms with van der Waals surface area (Å²) >= 11 is 0. The zero-order valence-electron chi connectivity index (χ0n) is 11.2. The van der Waals surface area contributed by atoms with E-state index in [1.165, 1.54) is 19.3 Å². The number of nitrogens with zero attached hydrogens (tertiary/aromatic N) is 3. The van der Waals surface area contributed by atoms with E-state index in [4.69, 9.17) is 0 Å². The molecule has 2 rings (SSSR count). The third-order valence-electron chi connectivity index (χ3n) is 3.50. The van der Waals surface area contributed by atoms with E-state index in [0.29, 0.717) is 11.7 Å². The second kappa shape index (κ2) is 6.00. The Hall–Kier alpha value is -1.36. The molecule has 2 heterocycles. The van der Waals surface area contributed by atoms with Crippen molar-refractivity contribution in [1.29, 1.82) is 0 Å². The van der Waals surface area contributed by atoms with Gasteiger partial charge in [0.15, 0.2) is 0 Å². The molecule has 5 heteroatoms. The van der Waals surface area contributed by atoms with E-state index in [1.807, 2.05) is 14.1 Å². The molecule has 0 aliphatic carbocycles. The van der Waals surface area contributed by atoms with Gasteiger partial charge in [-0.05, 0) is 25.8 Å². The summed E-state index contributed by atoms with van der Waals surface area (Å²) in [4.78, 5) is 17.9. The van der Waals surface area contributed by atoms with Crippen LogP contribution in [0.2, 0.25) is 0 Å². The lowest BCUT2D eigenvalue weighted by Gasteiger charge is -2.25. The number of carbonyl (C=O) groups excluding carboxylic acids is 1. The Bertz CT molecular complexity index is 395. The molecule has 1 aliphatic heterocycles. The number of imidazole rings is 1. The third kappa shape index (κ3) is 3.32. The predicted octanol–water partition coefficient (Wildman–Crippen LogP) is 1.02. The van der Waals surface area contributed by atoms with Crippen LogP contribution < -0.4 is 5.32 Å². The molecule has 100 valence electrons. The number of amides is 1. The highest BCUT2D eigenvalue weighted by molar-refractivity contribution is 5.91. The van der Waals surface area contributed by atoms with Crippen LogP contribution in [-0.4, -0.2) is 46.5 Å². The smallest absolute Gasteiger partial charge is 0.273 e. The molecule has 0 saturated carbocycles. The van der Waals surface area contributed by atoms with Crippen LogP contribution in [0.25, 0.3) is 0 Å². The van der Waals surface area contributed by atoms with Crippen molar-refractivity contribution in [2.45, 2.75) is 31.7 Å². The largest absolute Gasteiger partial charge is 0.340 e. The third-order valence-corrected chi connectivity index (χ3v) is 3.50. The number of hydrogen-bond donors (Lipinski definition) is 1. The Labute approximate surface area is 108 Å². The number of nitrogens with one attached hydrogen (secondary N) is 1. The van der Waals surface area contributed by atoms with Crippen molar-refractivity contribution in [3.63, 3.8) is 0 Å². The molecule has 1 aromatic rings. The summed E-state index contributed by atoms with van der Waals surface area (Å²) < 4.78 is 1.80. The first-order valence-electron chi connectivity index (χ1n) is 6.63. The number of aryl methyl sites for hydroxylation is 1. The van der Waals surface area contributed by atoms with Gasteiger partial charge in [0, 0.05) is 32.9 Å². The van der Waals surface area contributed by atoms with Crippen LogP contribution in [0.3, 0.4) is 0 Å². The van der Waals surface area contributed by atoms with Gasteiger partial charge in [0.2, 0.25) is 0 Å². The van der Waals surface area contributed by atoms with Gasteiger partial charge < -0.3 is 14.8 Å². The van der Waals surface area contributed by atoms with Gasteiger partial charge in [-0.15, -0.1) is 0 Å². The monoisotopic (exact) mass is 250 g/mol. The Morgan fingerprint density at radius 2 is 2.44 bits per heavy atom. The maximum atomic E-state index is 12.1. The molecule has 1 aromatic heterocycles. The Kier molecular flexibility index (Phi) is 4.36. The van der Waals surface area contributed by atoms with E-state index < -0.39 is 0 Å². The second-order valence-electron chi connectivity index (χ2n) is 5.09. The van der Waals surface area contributed by atoms with Gasteiger partial charge in [0.05, 0.1) is 6.33 Å². The van der Waals surface area contributed by atoms with Crippen molar-refractivity contribution in [3.8, 4) is 0 Å². The molecule has 1 amide bonds. The average Bonchev–Trinajstić information content (AvgIpc) is 2.83. The molecular weight excluding hydrogens is 228 g/mol. The summed E-state index contributed by atoms with van der Waals surface area (Å²) in [5, 5.41) is 3.50. The van der Waals surface area contributed by atoms with Crippen molar-refractivity contribution >= 4 is 5.91 Å². The lowest BCUT2D eigenvalue weighted by molar-refractivity contribution is 0.0782. The first-order chi connectivity index (χ1) is 8.66. The van der Waals surface area contributed by atoms with Crippen molar-refractivity contribution < 1.29 is 4.79 Å². The summed E-state index contributed by atoms with van der Waals surface area (Å²) in [6.07, 6.45) is 8.25. The average molecular weight is 250 g/mol.